The van der Waals surface area contributed by atoms with Crippen LogP contribution in [0.1, 0.15) is 34.0 Å². The van der Waals surface area contributed by atoms with Gasteiger partial charge in [0.15, 0.2) is 0 Å². The average Bonchev–Trinajstić information content (AvgIpc) is 2.45. The van der Waals surface area contributed by atoms with Crippen molar-refractivity contribution in [2.75, 3.05) is 5.73 Å². The van der Waals surface area contributed by atoms with Crippen molar-refractivity contribution in [2.24, 2.45) is 0 Å². The lowest BCUT2D eigenvalue weighted by Gasteiger charge is -2.10. The molecule has 0 aromatic heterocycles. The molecule has 1 amide bonds. The summed E-state index contributed by atoms with van der Waals surface area (Å²) >= 11 is 0. The molecular formula is C17H20N2O. The fraction of sp³-hybridized carbons (Fsp3) is 0.235. The second-order valence-corrected chi connectivity index (χ2v) is 4.89. The van der Waals surface area contributed by atoms with Gasteiger partial charge in [0.1, 0.15) is 0 Å². The van der Waals surface area contributed by atoms with Crippen LogP contribution in [0.25, 0.3) is 0 Å². The molecule has 20 heavy (non-hydrogen) atoms. The number of benzene rings is 2. The number of aryl methyl sites for hydroxylation is 2. The molecule has 0 aliphatic rings. The van der Waals surface area contributed by atoms with Gasteiger partial charge < -0.3 is 11.1 Å². The SMILES string of the molecule is CCc1ccc(CNC(=O)c2c(C)cccc2N)cc1. The summed E-state index contributed by atoms with van der Waals surface area (Å²) in [6.45, 7) is 4.52. The first kappa shape index (κ1) is 14.1. The number of anilines is 1. The van der Waals surface area contributed by atoms with Gasteiger partial charge in [0.2, 0.25) is 0 Å². The van der Waals surface area contributed by atoms with Crippen LogP contribution in [0.2, 0.25) is 0 Å². The average molecular weight is 268 g/mol. The molecule has 0 aliphatic carbocycles. The fourth-order valence-electron chi connectivity index (χ4n) is 2.16. The minimum absolute atomic E-state index is 0.125. The van der Waals surface area contributed by atoms with Crippen molar-refractivity contribution in [2.45, 2.75) is 26.8 Å². The predicted molar refractivity (Wildman–Crippen MR) is 82.6 cm³/mol. The highest BCUT2D eigenvalue weighted by Crippen LogP contribution is 2.16. The van der Waals surface area contributed by atoms with E-state index in [-0.39, 0.29) is 5.91 Å². The van der Waals surface area contributed by atoms with Crippen LogP contribution in [0.4, 0.5) is 5.69 Å². The molecule has 0 heterocycles. The highest BCUT2D eigenvalue weighted by Gasteiger charge is 2.11. The molecule has 3 nitrogen and oxygen atoms in total. The number of hydrogen-bond acceptors (Lipinski definition) is 2. The number of nitrogens with two attached hydrogens (primary N) is 1. The maximum absolute atomic E-state index is 12.2. The third-order valence-electron chi connectivity index (χ3n) is 3.42. The first-order valence-corrected chi connectivity index (χ1v) is 6.83. The van der Waals surface area contributed by atoms with Crippen LogP contribution in [0.3, 0.4) is 0 Å². The third-order valence-corrected chi connectivity index (χ3v) is 3.42. The summed E-state index contributed by atoms with van der Waals surface area (Å²) in [7, 11) is 0. The van der Waals surface area contributed by atoms with Gasteiger partial charge in [-0.25, -0.2) is 0 Å². The van der Waals surface area contributed by atoms with Gasteiger partial charge in [0.25, 0.3) is 5.91 Å². The van der Waals surface area contributed by atoms with Crippen molar-refractivity contribution in [3.63, 3.8) is 0 Å². The van der Waals surface area contributed by atoms with E-state index in [4.69, 9.17) is 5.73 Å². The Morgan fingerprint density at radius 2 is 1.75 bits per heavy atom. The molecule has 3 N–H and O–H groups in total. The number of hydrogen-bond donors (Lipinski definition) is 2. The zero-order valence-corrected chi connectivity index (χ0v) is 11.9. The summed E-state index contributed by atoms with van der Waals surface area (Å²) in [4.78, 5) is 12.2. The second kappa shape index (κ2) is 6.24. The Labute approximate surface area is 119 Å². The molecule has 2 aromatic rings. The number of amides is 1. The van der Waals surface area contributed by atoms with Crippen molar-refractivity contribution >= 4 is 11.6 Å². The molecule has 0 fully saturated rings. The summed E-state index contributed by atoms with van der Waals surface area (Å²) in [6, 6.07) is 13.7. The van der Waals surface area contributed by atoms with E-state index < -0.39 is 0 Å². The number of carbonyl (C=O) groups is 1. The van der Waals surface area contributed by atoms with E-state index in [2.05, 4.69) is 24.4 Å². The minimum atomic E-state index is -0.125. The zero-order valence-electron chi connectivity index (χ0n) is 11.9. The number of nitrogen functional groups attached to an aromatic ring is 1. The third kappa shape index (κ3) is 3.18. The monoisotopic (exact) mass is 268 g/mol. The summed E-state index contributed by atoms with van der Waals surface area (Å²) in [5.74, 6) is -0.125. The van der Waals surface area contributed by atoms with Crippen molar-refractivity contribution in [1.82, 2.24) is 5.32 Å². The van der Waals surface area contributed by atoms with Crippen LogP contribution in [0.5, 0.6) is 0 Å². The topological polar surface area (TPSA) is 55.1 Å². The first-order valence-electron chi connectivity index (χ1n) is 6.83. The van der Waals surface area contributed by atoms with E-state index in [0.717, 1.165) is 17.5 Å². The molecule has 0 bridgehead atoms. The quantitative estimate of drug-likeness (QED) is 0.837. The molecule has 0 aliphatic heterocycles. The van der Waals surface area contributed by atoms with Gasteiger partial charge in [-0.1, -0.05) is 43.3 Å². The Morgan fingerprint density at radius 1 is 1.10 bits per heavy atom. The van der Waals surface area contributed by atoms with Crippen LogP contribution in [-0.2, 0) is 13.0 Å². The van der Waals surface area contributed by atoms with E-state index in [1.165, 1.54) is 5.56 Å². The van der Waals surface area contributed by atoms with Gasteiger partial charge in [0.05, 0.1) is 5.56 Å². The van der Waals surface area contributed by atoms with E-state index in [9.17, 15) is 4.79 Å². The molecule has 0 radical (unpaired) electrons. The van der Waals surface area contributed by atoms with E-state index in [0.29, 0.717) is 17.8 Å². The fourth-order valence-corrected chi connectivity index (χ4v) is 2.16. The van der Waals surface area contributed by atoms with Crippen LogP contribution in [0, 0.1) is 6.92 Å². The smallest absolute Gasteiger partial charge is 0.253 e. The van der Waals surface area contributed by atoms with Crippen molar-refractivity contribution < 1.29 is 4.79 Å². The summed E-state index contributed by atoms with van der Waals surface area (Å²) in [6.07, 6.45) is 1.02. The molecule has 2 aromatic carbocycles. The van der Waals surface area contributed by atoms with Crippen LogP contribution < -0.4 is 11.1 Å². The highest BCUT2D eigenvalue weighted by atomic mass is 16.1. The Morgan fingerprint density at radius 3 is 2.35 bits per heavy atom. The number of rotatable bonds is 4. The Balaban J connectivity index is 2.05. The Bertz CT molecular complexity index is 583. The van der Waals surface area contributed by atoms with Gasteiger partial charge in [0, 0.05) is 12.2 Å². The van der Waals surface area contributed by atoms with Crippen molar-refractivity contribution in [1.29, 1.82) is 0 Å². The number of nitrogens with one attached hydrogen (secondary N) is 1. The summed E-state index contributed by atoms with van der Waals surface area (Å²) in [5, 5.41) is 2.92. The Hall–Kier alpha value is -2.29. The molecule has 0 atom stereocenters. The minimum Gasteiger partial charge on any atom is -0.398 e. The molecule has 0 spiro atoms. The molecule has 2 rings (SSSR count). The molecule has 0 saturated carbocycles. The highest BCUT2D eigenvalue weighted by molar-refractivity contribution is 6.00. The van der Waals surface area contributed by atoms with Gasteiger partial charge >= 0.3 is 0 Å². The predicted octanol–water partition coefficient (Wildman–Crippen LogP) is 3.07. The standard InChI is InChI=1S/C17H20N2O/c1-3-13-7-9-14(10-8-13)11-19-17(20)16-12(2)5-4-6-15(16)18/h4-10H,3,11,18H2,1-2H3,(H,19,20). The number of carbonyl (C=O) groups excluding carboxylic acids is 1. The Kier molecular flexibility index (Phi) is 4.41. The van der Waals surface area contributed by atoms with E-state index in [1.54, 1.807) is 6.07 Å². The lowest BCUT2D eigenvalue weighted by molar-refractivity contribution is 0.0951. The molecular weight excluding hydrogens is 248 g/mol. The maximum atomic E-state index is 12.2. The summed E-state index contributed by atoms with van der Waals surface area (Å²) in [5.41, 5.74) is 10.2. The molecule has 0 unspecified atom stereocenters. The van der Waals surface area contributed by atoms with Crippen LogP contribution in [-0.4, -0.2) is 5.91 Å². The first-order chi connectivity index (χ1) is 9.61. The van der Waals surface area contributed by atoms with Gasteiger partial charge in [-0.2, -0.15) is 0 Å². The largest absolute Gasteiger partial charge is 0.398 e. The van der Waals surface area contributed by atoms with E-state index >= 15 is 0 Å². The molecule has 3 heteroatoms. The van der Waals surface area contributed by atoms with Crippen molar-refractivity contribution in [3.05, 3.63) is 64.7 Å². The van der Waals surface area contributed by atoms with Gasteiger partial charge in [-0.15, -0.1) is 0 Å². The van der Waals surface area contributed by atoms with Gasteiger partial charge in [-0.3, -0.25) is 4.79 Å². The molecule has 0 saturated heterocycles. The zero-order chi connectivity index (χ0) is 14.5. The van der Waals surface area contributed by atoms with E-state index in [1.807, 2.05) is 31.2 Å². The normalized spacial score (nSPS) is 10.3. The summed E-state index contributed by atoms with van der Waals surface area (Å²) < 4.78 is 0. The van der Waals surface area contributed by atoms with Gasteiger partial charge in [-0.05, 0) is 36.1 Å². The van der Waals surface area contributed by atoms with Crippen LogP contribution >= 0.6 is 0 Å². The molecule has 104 valence electrons. The van der Waals surface area contributed by atoms with Crippen molar-refractivity contribution in [3.8, 4) is 0 Å². The second-order valence-electron chi connectivity index (χ2n) is 4.89. The lowest BCUT2D eigenvalue weighted by atomic mass is 10.1. The lowest BCUT2D eigenvalue weighted by Crippen LogP contribution is -2.24. The maximum Gasteiger partial charge on any atom is 0.253 e. The van der Waals surface area contributed by atoms with Crippen LogP contribution in [0.15, 0.2) is 42.5 Å².